The van der Waals surface area contributed by atoms with Gasteiger partial charge in [0.05, 0.1) is 16.4 Å². The molecule has 3 aromatic heterocycles. The Balaban J connectivity index is 1.50. The predicted octanol–water partition coefficient (Wildman–Crippen LogP) is 4.52. The first-order valence-corrected chi connectivity index (χ1v) is 10.4. The van der Waals surface area contributed by atoms with E-state index in [2.05, 4.69) is 20.3 Å². The largest absolute Gasteiger partial charge is 0.338 e. The van der Waals surface area contributed by atoms with Crippen LogP contribution in [0.4, 0.5) is 5.69 Å². The van der Waals surface area contributed by atoms with Crippen molar-refractivity contribution in [3.05, 3.63) is 88.3 Å². The number of hydrogen-bond donors (Lipinski definition) is 2. The molecule has 0 saturated heterocycles. The molecule has 1 amide bonds. The second-order valence-corrected chi connectivity index (χ2v) is 7.62. The minimum atomic E-state index is -0.457. The van der Waals surface area contributed by atoms with E-state index in [0.29, 0.717) is 29.1 Å². The number of benzene rings is 2. The van der Waals surface area contributed by atoms with E-state index < -0.39 is 5.91 Å². The summed E-state index contributed by atoms with van der Waals surface area (Å²) in [5, 5.41) is 3.29. The number of aryl methyl sites for hydroxylation is 2. The summed E-state index contributed by atoms with van der Waals surface area (Å²) in [5.74, 6) is 0.254. The molecule has 158 valence electrons. The molecule has 0 spiro atoms. The number of fused-ring (bicyclic) bond motifs is 2. The van der Waals surface area contributed by atoms with Gasteiger partial charge in [0.2, 0.25) is 5.43 Å². The first-order chi connectivity index (χ1) is 15.5. The van der Waals surface area contributed by atoms with Crippen molar-refractivity contribution < 1.29 is 4.79 Å². The van der Waals surface area contributed by atoms with Crippen LogP contribution in [0.1, 0.15) is 23.0 Å². The number of anilines is 1. The zero-order valence-electron chi connectivity index (χ0n) is 17.7. The predicted molar refractivity (Wildman–Crippen MR) is 126 cm³/mol. The number of carbonyl (C=O) groups is 1. The number of aromatic amines is 1. The number of carbonyl (C=O) groups excluding carboxylic acids is 1. The van der Waals surface area contributed by atoms with Crippen molar-refractivity contribution in [2.45, 2.75) is 20.4 Å². The fourth-order valence-corrected chi connectivity index (χ4v) is 3.79. The molecule has 3 heterocycles. The van der Waals surface area contributed by atoms with Gasteiger partial charge in [-0.15, -0.1) is 0 Å². The lowest BCUT2D eigenvalue weighted by atomic mass is 10.1. The minimum absolute atomic E-state index is 0.0825. The fourth-order valence-electron chi connectivity index (χ4n) is 3.79. The van der Waals surface area contributed by atoms with Gasteiger partial charge in [-0.25, -0.2) is 9.97 Å². The summed E-state index contributed by atoms with van der Waals surface area (Å²) in [7, 11) is 0. The minimum Gasteiger partial charge on any atom is -0.338 e. The van der Waals surface area contributed by atoms with Crippen LogP contribution in [0, 0.1) is 6.92 Å². The molecule has 0 aliphatic rings. The zero-order chi connectivity index (χ0) is 22.2. The first-order valence-electron chi connectivity index (χ1n) is 10.4. The summed E-state index contributed by atoms with van der Waals surface area (Å²) in [5.41, 5.74) is 4.39. The zero-order valence-corrected chi connectivity index (χ0v) is 17.7. The number of nitrogens with one attached hydrogen (secondary N) is 2. The van der Waals surface area contributed by atoms with E-state index in [4.69, 9.17) is 0 Å². The number of hydrogen-bond acceptors (Lipinski definition) is 4. The summed E-state index contributed by atoms with van der Waals surface area (Å²) in [4.78, 5) is 38.4. The Morgan fingerprint density at radius 1 is 1.06 bits per heavy atom. The van der Waals surface area contributed by atoms with Gasteiger partial charge in [0.1, 0.15) is 17.0 Å². The monoisotopic (exact) mass is 423 g/mol. The van der Waals surface area contributed by atoms with Crippen molar-refractivity contribution in [3.8, 4) is 11.4 Å². The molecule has 0 atom stereocenters. The van der Waals surface area contributed by atoms with E-state index in [1.807, 2.05) is 60.9 Å². The lowest BCUT2D eigenvalue weighted by molar-refractivity contribution is 0.102. The normalized spacial score (nSPS) is 11.2. The highest BCUT2D eigenvalue weighted by Gasteiger charge is 2.17. The third-order valence-corrected chi connectivity index (χ3v) is 5.43. The van der Waals surface area contributed by atoms with Crippen LogP contribution in [0.15, 0.2) is 71.7 Å². The molecule has 32 heavy (non-hydrogen) atoms. The van der Waals surface area contributed by atoms with E-state index in [9.17, 15) is 9.59 Å². The molecule has 7 heteroatoms. The number of aromatic nitrogens is 4. The number of nitrogens with zero attached hydrogens (tertiary/aromatic N) is 3. The van der Waals surface area contributed by atoms with Gasteiger partial charge >= 0.3 is 0 Å². The van der Waals surface area contributed by atoms with Gasteiger partial charge in [-0.2, -0.15) is 0 Å². The summed E-state index contributed by atoms with van der Waals surface area (Å²) < 4.78 is 1.82. The van der Waals surface area contributed by atoms with Gasteiger partial charge in [-0.3, -0.25) is 9.59 Å². The SMILES string of the molecule is CCn1cc(C(=O)Nc2cccc(-c3nc4ccccc4[nH]3)c2)c(=O)c2ccc(C)nc21. The maximum absolute atomic E-state index is 13.0. The van der Waals surface area contributed by atoms with Crippen LogP contribution in [0.5, 0.6) is 0 Å². The lowest BCUT2D eigenvalue weighted by Crippen LogP contribution is -2.24. The molecule has 0 radical (unpaired) electrons. The van der Waals surface area contributed by atoms with Crippen molar-refractivity contribution in [2.24, 2.45) is 0 Å². The Bertz CT molecular complexity index is 1510. The van der Waals surface area contributed by atoms with Crippen LogP contribution in [-0.2, 0) is 6.54 Å². The maximum atomic E-state index is 13.0. The van der Waals surface area contributed by atoms with E-state index in [0.717, 1.165) is 22.3 Å². The van der Waals surface area contributed by atoms with Crippen LogP contribution in [0.2, 0.25) is 0 Å². The smallest absolute Gasteiger partial charge is 0.261 e. The number of rotatable bonds is 4. The number of para-hydroxylation sites is 2. The molecule has 2 aromatic carbocycles. The van der Waals surface area contributed by atoms with Gasteiger partial charge in [0, 0.05) is 29.7 Å². The Hall–Kier alpha value is -4.26. The van der Waals surface area contributed by atoms with Gasteiger partial charge in [-0.05, 0) is 50.2 Å². The lowest BCUT2D eigenvalue weighted by Gasteiger charge is -2.12. The van der Waals surface area contributed by atoms with E-state index >= 15 is 0 Å². The molecule has 0 bridgehead atoms. The van der Waals surface area contributed by atoms with Gasteiger partial charge in [0.15, 0.2) is 0 Å². The third kappa shape index (κ3) is 3.43. The highest BCUT2D eigenvalue weighted by atomic mass is 16.2. The van der Waals surface area contributed by atoms with E-state index in [1.165, 1.54) is 0 Å². The fraction of sp³-hybridized carbons (Fsp3) is 0.120. The van der Waals surface area contributed by atoms with Crippen molar-refractivity contribution in [3.63, 3.8) is 0 Å². The standard InChI is InChI=1S/C25H21N5O2/c1-3-30-14-19(22(31)18-12-11-15(2)26-24(18)30)25(32)27-17-8-6-7-16(13-17)23-28-20-9-4-5-10-21(20)29-23/h4-14H,3H2,1-2H3,(H,27,32)(H,28,29). The summed E-state index contributed by atoms with van der Waals surface area (Å²) in [6.07, 6.45) is 1.58. The average Bonchev–Trinajstić information content (AvgIpc) is 3.24. The van der Waals surface area contributed by atoms with E-state index in [1.54, 1.807) is 24.4 Å². The quantitative estimate of drug-likeness (QED) is 0.444. The van der Waals surface area contributed by atoms with Crippen molar-refractivity contribution in [1.82, 2.24) is 19.5 Å². The maximum Gasteiger partial charge on any atom is 0.261 e. The van der Waals surface area contributed by atoms with Crippen LogP contribution in [0.25, 0.3) is 33.5 Å². The Kier molecular flexibility index (Phi) is 4.78. The third-order valence-electron chi connectivity index (χ3n) is 5.43. The van der Waals surface area contributed by atoms with Crippen LogP contribution in [0.3, 0.4) is 0 Å². The topological polar surface area (TPSA) is 92.7 Å². The molecular formula is C25H21N5O2. The molecule has 0 aliphatic carbocycles. The molecular weight excluding hydrogens is 402 g/mol. The number of H-pyrrole nitrogens is 1. The van der Waals surface area contributed by atoms with Gasteiger partial charge < -0.3 is 14.9 Å². The average molecular weight is 423 g/mol. The van der Waals surface area contributed by atoms with Crippen LogP contribution >= 0.6 is 0 Å². The first kappa shape index (κ1) is 19.7. The van der Waals surface area contributed by atoms with Gasteiger partial charge in [-0.1, -0.05) is 24.3 Å². The van der Waals surface area contributed by atoms with Crippen LogP contribution < -0.4 is 10.7 Å². The molecule has 0 saturated carbocycles. The van der Waals surface area contributed by atoms with Crippen molar-refractivity contribution in [2.75, 3.05) is 5.32 Å². The molecule has 2 N–H and O–H groups in total. The number of amides is 1. The van der Waals surface area contributed by atoms with Crippen LogP contribution in [-0.4, -0.2) is 25.4 Å². The van der Waals surface area contributed by atoms with Crippen molar-refractivity contribution >= 4 is 33.7 Å². The summed E-state index contributed by atoms with van der Waals surface area (Å²) in [6.45, 7) is 4.42. The second kappa shape index (κ2) is 7.77. The van der Waals surface area contributed by atoms with Crippen molar-refractivity contribution in [1.29, 1.82) is 0 Å². The van der Waals surface area contributed by atoms with E-state index in [-0.39, 0.29) is 11.0 Å². The summed E-state index contributed by atoms with van der Waals surface area (Å²) >= 11 is 0. The molecule has 0 aliphatic heterocycles. The Morgan fingerprint density at radius 2 is 1.91 bits per heavy atom. The second-order valence-electron chi connectivity index (χ2n) is 7.62. The molecule has 5 rings (SSSR count). The number of imidazole rings is 1. The van der Waals surface area contributed by atoms with Gasteiger partial charge in [0.25, 0.3) is 5.91 Å². The highest BCUT2D eigenvalue weighted by molar-refractivity contribution is 6.05. The molecule has 0 unspecified atom stereocenters. The Labute approximate surface area is 183 Å². The summed E-state index contributed by atoms with van der Waals surface area (Å²) in [6, 6.07) is 18.7. The molecule has 7 nitrogen and oxygen atoms in total. The number of pyridine rings is 2. The Morgan fingerprint density at radius 3 is 2.72 bits per heavy atom. The highest BCUT2D eigenvalue weighted by Crippen LogP contribution is 2.23. The molecule has 5 aromatic rings. The molecule has 0 fully saturated rings.